The molecule has 0 aliphatic heterocycles. The molecule has 1 heterocycles. The van der Waals surface area contributed by atoms with Crippen molar-refractivity contribution in [3.05, 3.63) is 51.5 Å². The number of aryl methyl sites for hydroxylation is 2. The third-order valence-electron chi connectivity index (χ3n) is 3.29. The highest BCUT2D eigenvalue weighted by Gasteiger charge is 2.05. The Morgan fingerprint density at radius 1 is 1.21 bits per heavy atom. The van der Waals surface area contributed by atoms with Gasteiger partial charge in [0.1, 0.15) is 0 Å². The SMILES string of the molecule is CN=C(NCCOCc1ccccc1)NCc1sc(C)nc1C.I. The molecule has 0 aliphatic carbocycles. The van der Waals surface area contributed by atoms with Crippen LogP contribution >= 0.6 is 35.3 Å². The zero-order valence-electron chi connectivity index (χ0n) is 14.3. The molecule has 0 unspecified atom stereocenters. The summed E-state index contributed by atoms with van der Waals surface area (Å²) in [5.41, 5.74) is 2.27. The lowest BCUT2D eigenvalue weighted by Crippen LogP contribution is -2.38. The Bertz CT molecular complexity index is 631. The molecule has 2 rings (SSSR count). The molecule has 0 aliphatic rings. The molecule has 0 saturated heterocycles. The quantitative estimate of drug-likeness (QED) is 0.288. The van der Waals surface area contributed by atoms with Crippen molar-refractivity contribution >= 4 is 41.3 Å². The molecule has 0 amide bonds. The van der Waals surface area contributed by atoms with Crippen LogP contribution in [0.25, 0.3) is 0 Å². The number of nitrogens with zero attached hydrogens (tertiary/aromatic N) is 2. The minimum atomic E-state index is 0. The standard InChI is InChI=1S/C17H24N4OS.HI/c1-13-16(23-14(2)21-13)11-20-17(18-3)19-9-10-22-12-15-7-5-4-6-8-15;/h4-8H,9-12H2,1-3H3,(H2,18,19,20);1H. The monoisotopic (exact) mass is 460 g/mol. The fourth-order valence-corrected chi connectivity index (χ4v) is 3.00. The number of nitrogens with one attached hydrogen (secondary N) is 2. The lowest BCUT2D eigenvalue weighted by Gasteiger charge is -2.11. The van der Waals surface area contributed by atoms with Crippen LogP contribution in [-0.2, 0) is 17.9 Å². The summed E-state index contributed by atoms with van der Waals surface area (Å²) in [7, 11) is 1.77. The van der Waals surface area contributed by atoms with E-state index in [1.54, 1.807) is 18.4 Å². The second-order valence-corrected chi connectivity index (χ2v) is 6.42. The van der Waals surface area contributed by atoms with Gasteiger partial charge in [0.25, 0.3) is 0 Å². The largest absolute Gasteiger partial charge is 0.375 e. The van der Waals surface area contributed by atoms with E-state index in [0.29, 0.717) is 19.8 Å². The molecule has 0 bridgehead atoms. The fourth-order valence-electron chi connectivity index (χ4n) is 2.13. The van der Waals surface area contributed by atoms with Crippen LogP contribution in [-0.4, -0.2) is 31.1 Å². The summed E-state index contributed by atoms with van der Waals surface area (Å²) in [5.74, 6) is 0.777. The molecule has 1 aromatic heterocycles. The van der Waals surface area contributed by atoms with Crippen LogP contribution in [0.4, 0.5) is 0 Å². The summed E-state index contributed by atoms with van der Waals surface area (Å²) < 4.78 is 5.65. The van der Waals surface area contributed by atoms with Crippen LogP contribution in [0.15, 0.2) is 35.3 Å². The van der Waals surface area contributed by atoms with Gasteiger partial charge in [0.05, 0.1) is 30.5 Å². The number of thiazole rings is 1. The van der Waals surface area contributed by atoms with Crippen molar-refractivity contribution in [3.8, 4) is 0 Å². The van der Waals surface area contributed by atoms with Crippen LogP contribution in [0.1, 0.15) is 21.1 Å². The van der Waals surface area contributed by atoms with Crippen molar-refractivity contribution in [1.82, 2.24) is 15.6 Å². The maximum Gasteiger partial charge on any atom is 0.191 e. The predicted molar refractivity (Wildman–Crippen MR) is 111 cm³/mol. The number of aromatic nitrogens is 1. The third kappa shape index (κ3) is 7.14. The molecule has 0 fully saturated rings. The Labute approximate surface area is 165 Å². The van der Waals surface area contributed by atoms with E-state index in [-0.39, 0.29) is 24.0 Å². The molecular weight excluding hydrogens is 435 g/mol. The summed E-state index contributed by atoms with van der Waals surface area (Å²) in [5, 5.41) is 7.65. The van der Waals surface area contributed by atoms with E-state index in [9.17, 15) is 0 Å². The summed E-state index contributed by atoms with van der Waals surface area (Å²) in [6.07, 6.45) is 0. The zero-order chi connectivity index (χ0) is 16.5. The normalized spacial score (nSPS) is 11.0. The van der Waals surface area contributed by atoms with Gasteiger partial charge in [-0.1, -0.05) is 30.3 Å². The lowest BCUT2D eigenvalue weighted by atomic mass is 10.2. The van der Waals surface area contributed by atoms with Gasteiger partial charge >= 0.3 is 0 Å². The molecule has 24 heavy (non-hydrogen) atoms. The number of guanidine groups is 1. The van der Waals surface area contributed by atoms with E-state index in [1.165, 1.54) is 10.4 Å². The number of aliphatic imine (C=N–C) groups is 1. The Kier molecular flexibility index (Phi) is 9.89. The van der Waals surface area contributed by atoms with E-state index >= 15 is 0 Å². The highest BCUT2D eigenvalue weighted by atomic mass is 127. The first-order chi connectivity index (χ1) is 11.2. The average molecular weight is 460 g/mol. The summed E-state index contributed by atoms with van der Waals surface area (Å²) in [4.78, 5) is 9.89. The summed E-state index contributed by atoms with van der Waals surface area (Å²) in [6.45, 7) is 6.78. The Morgan fingerprint density at radius 2 is 1.96 bits per heavy atom. The molecule has 7 heteroatoms. The molecular formula is C17H25IN4OS. The molecule has 0 atom stereocenters. The van der Waals surface area contributed by atoms with Gasteiger partial charge in [0, 0.05) is 18.5 Å². The minimum Gasteiger partial charge on any atom is -0.375 e. The number of hydrogen-bond donors (Lipinski definition) is 2. The highest BCUT2D eigenvalue weighted by Crippen LogP contribution is 2.16. The fraction of sp³-hybridized carbons (Fsp3) is 0.412. The molecule has 0 radical (unpaired) electrons. The van der Waals surface area contributed by atoms with Gasteiger partial charge in [-0.25, -0.2) is 4.98 Å². The minimum absolute atomic E-state index is 0. The van der Waals surface area contributed by atoms with Crippen LogP contribution in [0.2, 0.25) is 0 Å². The lowest BCUT2D eigenvalue weighted by molar-refractivity contribution is 0.125. The van der Waals surface area contributed by atoms with Gasteiger partial charge in [-0.2, -0.15) is 0 Å². The predicted octanol–water partition coefficient (Wildman–Crippen LogP) is 3.26. The van der Waals surface area contributed by atoms with Crippen molar-refractivity contribution in [1.29, 1.82) is 0 Å². The van der Waals surface area contributed by atoms with Crippen molar-refractivity contribution in [3.63, 3.8) is 0 Å². The molecule has 2 aromatic rings. The zero-order valence-corrected chi connectivity index (χ0v) is 17.5. The maximum atomic E-state index is 5.65. The van der Waals surface area contributed by atoms with Gasteiger partial charge in [0.15, 0.2) is 5.96 Å². The molecule has 132 valence electrons. The smallest absolute Gasteiger partial charge is 0.191 e. The van der Waals surface area contributed by atoms with Crippen molar-refractivity contribution < 1.29 is 4.74 Å². The van der Waals surface area contributed by atoms with Crippen molar-refractivity contribution in [2.45, 2.75) is 27.0 Å². The number of benzene rings is 1. The number of ether oxygens (including phenoxy) is 1. The second kappa shape index (κ2) is 11.4. The van der Waals surface area contributed by atoms with Gasteiger partial charge in [-0.15, -0.1) is 35.3 Å². The van der Waals surface area contributed by atoms with Crippen molar-refractivity contribution in [2.75, 3.05) is 20.2 Å². The number of halogens is 1. The van der Waals surface area contributed by atoms with Crippen LogP contribution in [0.3, 0.4) is 0 Å². The van der Waals surface area contributed by atoms with Crippen molar-refractivity contribution in [2.24, 2.45) is 4.99 Å². The van der Waals surface area contributed by atoms with E-state index < -0.39 is 0 Å². The van der Waals surface area contributed by atoms with Crippen LogP contribution in [0.5, 0.6) is 0 Å². The highest BCUT2D eigenvalue weighted by molar-refractivity contribution is 14.0. The van der Waals surface area contributed by atoms with E-state index in [2.05, 4.69) is 32.7 Å². The third-order valence-corrected chi connectivity index (χ3v) is 4.36. The van der Waals surface area contributed by atoms with E-state index in [4.69, 9.17) is 4.74 Å². The maximum absolute atomic E-state index is 5.65. The number of rotatable bonds is 7. The Morgan fingerprint density at radius 3 is 2.58 bits per heavy atom. The molecule has 5 nitrogen and oxygen atoms in total. The van der Waals surface area contributed by atoms with Gasteiger partial charge < -0.3 is 15.4 Å². The molecule has 1 aromatic carbocycles. The van der Waals surface area contributed by atoms with Gasteiger partial charge in [-0.05, 0) is 19.4 Å². The van der Waals surface area contributed by atoms with E-state index in [1.807, 2.05) is 32.0 Å². The van der Waals surface area contributed by atoms with E-state index in [0.717, 1.165) is 23.2 Å². The average Bonchev–Trinajstić information content (AvgIpc) is 2.88. The molecule has 2 N–H and O–H groups in total. The first-order valence-corrected chi connectivity index (χ1v) is 8.50. The Hall–Kier alpha value is -1.19. The first kappa shape index (κ1) is 20.9. The molecule has 0 spiro atoms. The topological polar surface area (TPSA) is 58.5 Å². The van der Waals surface area contributed by atoms with Crippen LogP contribution < -0.4 is 10.6 Å². The molecule has 0 saturated carbocycles. The first-order valence-electron chi connectivity index (χ1n) is 7.68. The second-order valence-electron chi connectivity index (χ2n) is 5.13. The van der Waals surface area contributed by atoms with Crippen LogP contribution in [0, 0.1) is 13.8 Å². The Balaban J connectivity index is 0.00000288. The van der Waals surface area contributed by atoms with Gasteiger partial charge in [-0.3, -0.25) is 4.99 Å². The number of hydrogen-bond acceptors (Lipinski definition) is 4. The summed E-state index contributed by atoms with van der Waals surface area (Å²) in [6, 6.07) is 10.2. The van der Waals surface area contributed by atoms with Gasteiger partial charge in [0.2, 0.25) is 0 Å². The summed E-state index contributed by atoms with van der Waals surface area (Å²) >= 11 is 1.72.